The lowest BCUT2D eigenvalue weighted by Crippen LogP contribution is -2.46. The third kappa shape index (κ3) is 3.10. The first kappa shape index (κ1) is 16.7. The first-order chi connectivity index (χ1) is 11.9. The molecule has 1 N–H and O–H groups in total. The molecule has 0 bridgehead atoms. The minimum atomic E-state index is -4.33. The summed E-state index contributed by atoms with van der Waals surface area (Å²) in [5.41, 5.74) is 0.821. The van der Waals surface area contributed by atoms with Crippen molar-refractivity contribution in [1.29, 1.82) is 0 Å². The topological polar surface area (TPSA) is 21.3 Å². The molecule has 1 saturated heterocycles. The van der Waals surface area contributed by atoms with Gasteiger partial charge in [-0.1, -0.05) is 24.3 Å². The lowest BCUT2D eigenvalue weighted by molar-refractivity contribution is -0.138. The van der Waals surface area contributed by atoms with Gasteiger partial charge in [-0.25, -0.2) is 0 Å². The molecule has 0 spiro atoms. The molecule has 5 heteroatoms. The molecule has 1 aliphatic carbocycles. The van der Waals surface area contributed by atoms with E-state index in [1.165, 1.54) is 6.07 Å². The van der Waals surface area contributed by atoms with Crippen LogP contribution in [0.3, 0.4) is 0 Å². The van der Waals surface area contributed by atoms with E-state index in [4.69, 9.17) is 4.74 Å². The molecule has 1 unspecified atom stereocenters. The van der Waals surface area contributed by atoms with Gasteiger partial charge in [-0.15, -0.1) is 0 Å². The van der Waals surface area contributed by atoms with Gasteiger partial charge in [0.15, 0.2) is 0 Å². The second kappa shape index (κ2) is 6.20. The molecule has 1 aromatic carbocycles. The summed E-state index contributed by atoms with van der Waals surface area (Å²) in [4.78, 5) is 0. The second-order valence-electron chi connectivity index (χ2n) is 7.29. The summed E-state index contributed by atoms with van der Waals surface area (Å²) in [6.07, 6.45) is 6.77. The van der Waals surface area contributed by atoms with E-state index in [1.54, 1.807) is 6.07 Å². The molecule has 4 rings (SSSR count). The Morgan fingerprint density at radius 1 is 1.16 bits per heavy atom. The molecule has 5 atom stereocenters. The standard InChI is InChI=1S/C20H22F3NO/c1-12-7-9-15-18(13-5-3-2-4-6-13)24-17-10-8-14(20(21,22)23)11-16(17)19(15)25-12/h2-5,8,10-13,15,18-19,24H,6-7,9H2,1H3/t12-,13?,15-,18-,19-/m0/s1. The van der Waals surface area contributed by atoms with Crippen LogP contribution in [0, 0.1) is 11.8 Å². The van der Waals surface area contributed by atoms with Gasteiger partial charge < -0.3 is 10.1 Å². The van der Waals surface area contributed by atoms with Gasteiger partial charge in [0.2, 0.25) is 0 Å². The summed E-state index contributed by atoms with van der Waals surface area (Å²) in [5, 5.41) is 3.53. The highest BCUT2D eigenvalue weighted by Gasteiger charge is 2.44. The number of halogens is 3. The summed E-state index contributed by atoms with van der Waals surface area (Å²) >= 11 is 0. The van der Waals surface area contributed by atoms with Gasteiger partial charge in [0, 0.05) is 29.1 Å². The van der Waals surface area contributed by atoms with Crippen LogP contribution >= 0.6 is 0 Å². The van der Waals surface area contributed by atoms with E-state index in [0.717, 1.165) is 31.0 Å². The average Bonchev–Trinajstić information content (AvgIpc) is 2.60. The van der Waals surface area contributed by atoms with Crippen molar-refractivity contribution in [1.82, 2.24) is 0 Å². The van der Waals surface area contributed by atoms with Gasteiger partial charge in [-0.05, 0) is 44.4 Å². The third-order valence-corrected chi connectivity index (χ3v) is 5.62. The molecule has 0 saturated carbocycles. The maximum absolute atomic E-state index is 13.1. The molecule has 1 aromatic rings. The van der Waals surface area contributed by atoms with Crippen LogP contribution in [0.2, 0.25) is 0 Å². The Morgan fingerprint density at radius 3 is 2.72 bits per heavy atom. The highest BCUT2D eigenvalue weighted by Crippen LogP contribution is 2.49. The minimum absolute atomic E-state index is 0.0733. The molecule has 2 aliphatic heterocycles. The maximum atomic E-state index is 13.1. The van der Waals surface area contributed by atoms with E-state index in [0.29, 0.717) is 11.5 Å². The van der Waals surface area contributed by atoms with Crippen LogP contribution in [0.5, 0.6) is 0 Å². The first-order valence-electron chi connectivity index (χ1n) is 8.90. The Morgan fingerprint density at radius 2 is 2.00 bits per heavy atom. The van der Waals surface area contributed by atoms with Gasteiger partial charge in [0.25, 0.3) is 0 Å². The average molecular weight is 349 g/mol. The van der Waals surface area contributed by atoms with Crippen molar-refractivity contribution < 1.29 is 17.9 Å². The summed E-state index contributed by atoms with van der Waals surface area (Å²) in [6.45, 7) is 2.00. The highest BCUT2D eigenvalue weighted by molar-refractivity contribution is 5.58. The van der Waals surface area contributed by atoms with E-state index in [1.807, 2.05) is 13.0 Å². The number of hydrogen-bond donors (Lipinski definition) is 1. The number of rotatable bonds is 1. The van der Waals surface area contributed by atoms with Crippen LogP contribution in [-0.4, -0.2) is 12.1 Å². The van der Waals surface area contributed by atoms with Crippen molar-refractivity contribution in [2.24, 2.45) is 11.8 Å². The van der Waals surface area contributed by atoms with Gasteiger partial charge in [-0.2, -0.15) is 13.2 Å². The Hall–Kier alpha value is -1.75. The lowest BCUT2D eigenvalue weighted by atomic mass is 9.73. The molecular weight excluding hydrogens is 327 g/mol. The molecule has 0 amide bonds. The van der Waals surface area contributed by atoms with Gasteiger partial charge in [0.05, 0.1) is 17.8 Å². The molecule has 3 aliphatic rings. The number of ether oxygens (including phenoxy) is 1. The van der Waals surface area contributed by atoms with Crippen molar-refractivity contribution in [3.8, 4) is 0 Å². The zero-order chi connectivity index (χ0) is 17.6. The molecule has 2 nitrogen and oxygen atoms in total. The van der Waals surface area contributed by atoms with E-state index in [9.17, 15) is 13.2 Å². The van der Waals surface area contributed by atoms with Gasteiger partial charge in [0.1, 0.15) is 0 Å². The number of benzene rings is 1. The van der Waals surface area contributed by atoms with Crippen LogP contribution in [0.15, 0.2) is 42.5 Å². The van der Waals surface area contributed by atoms with Crippen molar-refractivity contribution >= 4 is 5.69 Å². The molecule has 134 valence electrons. The lowest BCUT2D eigenvalue weighted by Gasteiger charge is -2.47. The summed E-state index contributed by atoms with van der Waals surface area (Å²) in [5.74, 6) is 0.526. The Kier molecular flexibility index (Phi) is 4.14. The number of hydrogen-bond acceptors (Lipinski definition) is 2. The number of allylic oxidation sites excluding steroid dienone is 3. The van der Waals surface area contributed by atoms with Gasteiger partial charge in [-0.3, -0.25) is 0 Å². The van der Waals surface area contributed by atoms with Crippen LogP contribution in [0.1, 0.15) is 43.4 Å². The Balaban J connectivity index is 1.73. The zero-order valence-electron chi connectivity index (χ0n) is 14.1. The Labute approximate surface area is 145 Å². The van der Waals surface area contributed by atoms with Crippen molar-refractivity contribution in [2.45, 2.75) is 50.6 Å². The quantitative estimate of drug-likeness (QED) is 0.724. The predicted octanol–water partition coefficient (Wildman–Crippen LogP) is 5.49. The fraction of sp³-hybridized carbons (Fsp3) is 0.500. The monoisotopic (exact) mass is 349 g/mol. The predicted molar refractivity (Wildman–Crippen MR) is 91.3 cm³/mol. The molecule has 25 heavy (non-hydrogen) atoms. The molecule has 0 aromatic heterocycles. The molecular formula is C20H22F3NO. The number of anilines is 1. The number of fused-ring (bicyclic) bond motifs is 3. The maximum Gasteiger partial charge on any atom is 0.416 e. The molecule has 2 heterocycles. The summed E-state index contributed by atoms with van der Waals surface area (Å²) in [6, 6.07) is 4.17. The molecule has 1 fully saturated rings. The largest absolute Gasteiger partial charge is 0.416 e. The zero-order valence-corrected chi connectivity index (χ0v) is 14.1. The smallest absolute Gasteiger partial charge is 0.381 e. The van der Waals surface area contributed by atoms with Crippen molar-refractivity contribution in [2.75, 3.05) is 5.32 Å². The highest BCUT2D eigenvalue weighted by atomic mass is 19.4. The van der Waals surface area contributed by atoms with Crippen LogP contribution in [0.4, 0.5) is 18.9 Å². The SMILES string of the molecule is C[C@H]1CC[C@@H]2[C@H](O1)c1cc(C(F)(F)F)ccc1N[C@H]2C1C=CC=CC1. The normalized spacial score (nSPS) is 34.2. The molecule has 0 radical (unpaired) electrons. The van der Waals surface area contributed by atoms with Gasteiger partial charge >= 0.3 is 6.18 Å². The van der Waals surface area contributed by atoms with E-state index < -0.39 is 11.7 Å². The number of alkyl halides is 3. The fourth-order valence-corrected chi connectivity index (χ4v) is 4.35. The van der Waals surface area contributed by atoms with Crippen molar-refractivity contribution in [3.63, 3.8) is 0 Å². The summed E-state index contributed by atoms with van der Waals surface area (Å²) in [7, 11) is 0. The van der Waals surface area contributed by atoms with Crippen LogP contribution < -0.4 is 5.32 Å². The second-order valence-corrected chi connectivity index (χ2v) is 7.29. The van der Waals surface area contributed by atoms with E-state index >= 15 is 0 Å². The van der Waals surface area contributed by atoms with E-state index in [2.05, 4.69) is 23.5 Å². The van der Waals surface area contributed by atoms with E-state index in [-0.39, 0.29) is 24.2 Å². The third-order valence-electron chi connectivity index (χ3n) is 5.62. The Bertz CT molecular complexity index is 709. The van der Waals surface area contributed by atoms with Crippen LogP contribution in [0.25, 0.3) is 0 Å². The minimum Gasteiger partial charge on any atom is -0.381 e. The summed E-state index contributed by atoms with van der Waals surface area (Å²) < 4.78 is 45.6. The number of nitrogens with one attached hydrogen (secondary N) is 1. The fourth-order valence-electron chi connectivity index (χ4n) is 4.35. The van der Waals surface area contributed by atoms with Crippen LogP contribution in [-0.2, 0) is 10.9 Å². The first-order valence-corrected chi connectivity index (χ1v) is 8.90. The van der Waals surface area contributed by atoms with Crippen molar-refractivity contribution in [3.05, 3.63) is 53.6 Å².